The minimum absolute atomic E-state index is 0.198. The van der Waals surface area contributed by atoms with E-state index in [2.05, 4.69) is 71.5 Å². The summed E-state index contributed by atoms with van der Waals surface area (Å²) in [6.07, 6.45) is 1.18. The average molecular weight is 222 g/mol. The van der Waals surface area contributed by atoms with Gasteiger partial charge in [-0.3, -0.25) is 0 Å². The van der Waals surface area contributed by atoms with Crippen LogP contribution in [0.3, 0.4) is 0 Å². The van der Waals surface area contributed by atoms with E-state index in [1.54, 1.807) is 0 Å². The number of rotatable bonds is 3. The smallest absolute Gasteiger partial charge is 0.00401 e. The molecule has 0 unspecified atom stereocenters. The molecule has 0 saturated carbocycles. The Morgan fingerprint density at radius 2 is 1.47 bits per heavy atom. The van der Waals surface area contributed by atoms with E-state index in [1.165, 1.54) is 12.0 Å². The SMILES string of the molecule is CCC(C)(C)C(C)(C)c1ccc(S)cc1. The Kier molecular flexibility index (Phi) is 3.55. The molecule has 0 fully saturated rings. The fourth-order valence-corrected chi connectivity index (χ4v) is 1.86. The second-order valence-electron chi connectivity index (χ2n) is 5.41. The van der Waals surface area contributed by atoms with Gasteiger partial charge in [-0.2, -0.15) is 0 Å². The zero-order chi connectivity index (χ0) is 11.7. The van der Waals surface area contributed by atoms with Gasteiger partial charge in [-0.25, -0.2) is 0 Å². The van der Waals surface area contributed by atoms with Crippen LogP contribution in [0.1, 0.15) is 46.6 Å². The molecule has 0 aromatic heterocycles. The van der Waals surface area contributed by atoms with Crippen molar-refractivity contribution in [1.29, 1.82) is 0 Å². The molecule has 1 aromatic carbocycles. The second-order valence-corrected chi connectivity index (χ2v) is 5.93. The zero-order valence-corrected chi connectivity index (χ0v) is 11.4. The summed E-state index contributed by atoms with van der Waals surface area (Å²) in [6, 6.07) is 8.54. The average Bonchev–Trinajstić information content (AvgIpc) is 2.18. The maximum Gasteiger partial charge on any atom is 0.00401 e. The van der Waals surface area contributed by atoms with Crippen molar-refractivity contribution in [3.05, 3.63) is 29.8 Å². The quantitative estimate of drug-likeness (QED) is 0.705. The van der Waals surface area contributed by atoms with Gasteiger partial charge in [0.15, 0.2) is 0 Å². The van der Waals surface area contributed by atoms with Gasteiger partial charge in [0, 0.05) is 4.90 Å². The number of benzene rings is 1. The molecule has 0 N–H and O–H groups in total. The van der Waals surface area contributed by atoms with Crippen molar-refractivity contribution in [3.8, 4) is 0 Å². The summed E-state index contributed by atoms with van der Waals surface area (Å²) in [4.78, 5) is 1.03. The number of hydrogen-bond donors (Lipinski definition) is 1. The van der Waals surface area contributed by atoms with Gasteiger partial charge in [-0.05, 0) is 28.5 Å². The Balaban J connectivity index is 3.10. The molecule has 0 aliphatic rings. The summed E-state index contributed by atoms with van der Waals surface area (Å²) in [6.45, 7) is 11.6. The van der Waals surface area contributed by atoms with Crippen LogP contribution in [0, 0.1) is 5.41 Å². The third-order valence-electron chi connectivity index (χ3n) is 4.16. The molecule has 0 bridgehead atoms. The van der Waals surface area contributed by atoms with Crippen LogP contribution in [0.2, 0.25) is 0 Å². The maximum atomic E-state index is 4.32. The molecular weight excluding hydrogens is 200 g/mol. The highest BCUT2D eigenvalue weighted by atomic mass is 32.1. The van der Waals surface area contributed by atoms with E-state index >= 15 is 0 Å². The van der Waals surface area contributed by atoms with Crippen molar-refractivity contribution >= 4 is 12.6 Å². The third-order valence-corrected chi connectivity index (χ3v) is 4.46. The van der Waals surface area contributed by atoms with E-state index in [9.17, 15) is 0 Å². The van der Waals surface area contributed by atoms with Crippen LogP contribution in [0.4, 0.5) is 0 Å². The van der Waals surface area contributed by atoms with Crippen molar-refractivity contribution in [2.24, 2.45) is 5.41 Å². The van der Waals surface area contributed by atoms with Gasteiger partial charge in [-0.15, -0.1) is 12.6 Å². The van der Waals surface area contributed by atoms with Crippen molar-refractivity contribution in [3.63, 3.8) is 0 Å². The molecule has 0 amide bonds. The third kappa shape index (κ3) is 2.39. The van der Waals surface area contributed by atoms with Crippen LogP contribution in [0.15, 0.2) is 29.2 Å². The van der Waals surface area contributed by atoms with Gasteiger partial charge in [0.25, 0.3) is 0 Å². The lowest BCUT2D eigenvalue weighted by molar-refractivity contribution is 0.189. The molecule has 0 atom stereocenters. The topological polar surface area (TPSA) is 0 Å². The van der Waals surface area contributed by atoms with Crippen LogP contribution in [-0.2, 0) is 5.41 Å². The molecule has 0 aliphatic heterocycles. The highest BCUT2D eigenvalue weighted by Gasteiger charge is 2.36. The van der Waals surface area contributed by atoms with E-state index in [4.69, 9.17) is 0 Å². The molecule has 15 heavy (non-hydrogen) atoms. The summed E-state index contributed by atoms with van der Waals surface area (Å²) in [7, 11) is 0. The number of thiol groups is 1. The van der Waals surface area contributed by atoms with Gasteiger partial charge in [0.05, 0.1) is 0 Å². The van der Waals surface area contributed by atoms with Gasteiger partial charge >= 0.3 is 0 Å². The summed E-state index contributed by atoms with van der Waals surface area (Å²) in [5, 5.41) is 0. The van der Waals surface area contributed by atoms with Crippen LogP contribution in [0.5, 0.6) is 0 Å². The molecule has 0 aliphatic carbocycles. The molecule has 0 nitrogen and oxygen atoms in total. The molecule has 1 heteroatoms. The first-order valence-electron chi connectivity index (χ1n) is 5.61. The molecule has 0 heterocycles. The van der Waals surface area contributed by atoms with E-state index in [-0.39, 0.29) is 5.41 Å². The largest absolute Gasteiger partial charge is 0.143 e. The predicted octanol–water partition coefficient (Wildman–Crippen LogP) is 4.69. The fraction of sp³-hybridized carbons (Fsp3) is 0.571. The monoisotopic (exact) mass is 222 g/mol. The molecule has 1 rings (SSSR count). The molecular formula is C14H22S. The van der Waals surface area contributed by atoms with E-state index in [1.807, 2.05) is 0 Å². The zero-order valence-electron chi connectivity index (χ0n) is 10.5. The Morgan fingerprint density at radius 1 is 1.00 bits per heavy atom. The van der Waals surface area contributed by atoms with Crippen molar-refractivity contribution in [1.82, 2.24) is 0 Å². The predicted molar refractivity (Wildman–Crippen MR) is 70.8 cm³/mol. The molecule has 0 saturated heterocycles. The van der Waals surface area contributed by atoms with Gasteiger partial charge in [-0.1, -0.05) is 53.2 Å². The Hall–Kier alpha value is -0.430. The van der Waals surface area contributed by atoms with Crippen LogP contribution in [0.25, 0.3) is 0 Å². The van der Waals surface area contributed by atoms with Gasteiger partial charge in [0.2, 0.25) is 0 Å². The highest BCUT2D eigenvalue weighted by molar-refractivity contribution is 7.80. The molecule has 84 valence electrons. The summed E-state index contributed by atoms with van der Waals surface area (Å²) in [5.74, 6) is 0. The van der Waals surface area contributed by atoms with Crippen molar-refractivity contribution < 1.29 is 0 Å². The summed E-state index contributed by atoms with van der Waals surface area (Å²) < 4.78 is 0. The van der Waals surface area contributed by atoms with Crippen LogP contribution in [-0.4, -0.2) is 0 Å². The molecule has 0 radical (unpaired) electrons. The van der Waals surface area contributed by atoms with Crippen molar-refractivity contribution in [2.45, 2.75) is 51.3 Å². The van der Waals surface area contributed by atoms with Gasteiger partial charge < -0.3 is 0 Å². The second kappa shape index (κ2) is 4.21. The minimum atomic E-state index is 0.198. The normalized spacial score (nSPS) is 12.9. The fourth-order valence-electron chi connectivity index (χ4n) is 1.71. The first-order chi connectivity index (χ1) is 6.81. The Labute approximate surface area is 99.5 Å². The Morgan fingerprint density at radius 3 is 1.87 bits per heavy atom. The van der Waals surface area contributed by atoms with Crippen LogP contribution >= 0.6 is 12.6 Å². The van der Waals surface area contributed by atoms with E-state index < -0.39 is 0 Å². The highest BCUT2D eigenvalue weighted by Crippen LogP contribution is 2.43. The number of hydrogen-bond acceptors (Lipinski definition) is 1. The van der Waals surface area contributed by atoms with Crippen molar-refractivity contribution in [2.75, 3.05) is 0 Å². The lowest BCUT2D eigenvalue weighted by Gasteiger charge is -2.41. The maximum absolute atomic E-state index is 4.32. The van der Waals surface area contributed by atoms with Crippen LogP contribution < -0.4 is 0 Å². The molecule has 0 spiro atoms. The lowest BCUT2D eigenvalue weighted by atomic mass is 9.63. The Bertz CT molecular complexity index is 320. The van der Waals surface area contributed by atoms with Gasteiger partial charge in [0.1, 0.15) is 0 Å². The summed E-state index contributed by atoms with van der Waals surface area (Å²) in [5.41, 5.74) is 1.90. The first-order valence-corrected chi connectivity index (χ1v) is 6.05. The standard InChI is InChI=1S/C14H22S/c1-6-13(2,3)14(4,5)11-7-9-12(15)10-8-11/h7-10,15H,6H2,1-5H3. The van der Waals surface area contributed by atoms with E-state index in [0.29, 0.717) is 5.41 Å². The minimum Gasteiger partial charge on any atom is -0.143 e. The summed E-state index contributed by atoms with van der Waals surface area (Å²) >= 11 is 4.32. The first kappa shape index (κ1) is 12.6. The lowest BCUT2D eigenvalue weighted by Crippen LogP contribution is -2.35. The molecule has 1 aromatic rings. The van der Waals surface area contributed by atoms with E-state index in [0.717, 1.165) is 4.90 Å².